The number of hydrogen-bond acceptors (Lipinski definition) is 8. The van der Waals surface area contributed by atoms with Gasteiger partial charge in [-0.1, -0.05) is 58.4 Å². The molecule has 30 heavy (non-hydrogen) atoms. The summed E-state index contributed by atoms with van der Waals surface area (Å²) in [5, 5.41) is 17.7. The van der Waals surface area contributed by atoms with Crippen molar-refractivity contribution in [2.75, 3.05) is 0 Å². The van der Waals surface area contributed by atoms with Crippen LogP contribution in [0.3, 0.4) is 0 Å². The summed E-state index contributed by atoms with van der Waals surface area (Å²) in [6, 6.07) is 13.8. The fourth-order valence-corrected chi connectivity index (χ4v) is 4.91. The summed E-state index contributed by atoms with van der Waals surface area (Å²) in [6.45, 7) is 1.96. The molecule has 6 nitrogen and oxygen atoms in total. The minimum Gasteiger partial charge on any atom is -0.478 e. The maximum Gasteiger partial charge on any atom is 0.339 e. The monoisotopic (exact) mass is 458 g/mol. The molecule has 0 aliphatic heterocycles. The molecule has 0 saturated heterocycles. The number of carboxylic acids is 1. The molecule has 0 bridgehead atoms. The van der Waals surface area contributed by atoms with E-state index in [0.29, 0.717) is 17.8 Å². The highest BCUT2D eigenvalue weighted by atomic mass is 32.9. The van der Waals surface area contributed by atoms with Gasteiger partial charge in [0.1, 0.15) is 15.1 Å². The van der Waals surface area contributed by atoms with E-state index < -0.39 is 11.9 Å². The van der Waals surface area contributed by atoms with Gasteiger partial charge in [-0.3, -0.25) is 4.79 Å². The molecule has 2 aromatic carbocycles. The Morgan fingerprint density at radius 2 is 1.73 bits per heavy atom. The van der Waals surface area contributed by atoms with Gasteiger partial charge in [0.05, 0.1) is 11.4 Å². The van der Waals surface area contributed by atoms with Crippen molar-refractivity contribution in [1.29, 1.82) is 0 Å². The second-order valence-corrected chi connectivity index (χ2v) is 9.22. The number of nitrogens with zero attached hydrogens (tertiary/aromatic N) is 2. The van der Waals surface area contributed by atoms with Gasteiger partial charge in [0, 0.05) is 17.4 Å². The van der Waals surface area contributed by atoms with Crippen molar-refractivity contribution in [1.82, 2.24) is 0 Å². The van der Waals surface area contributed by atoms with Crippen LogP contribution in [0.4, 0.5) is 11.4 Å². The number of ether oxygens (including phenoxy) is 1. The van der Waals surface area contributed by atoms with E-state index in [0.717, 1.165) is 20.7 Å². The third-order valence-corrected chi connectivity index (χ3v) is 6.96. The predicted molar refractivity (Wildman–Crippen MR) is 121 cm³/mol. The molecule has 0 fully saturated rings. The third kappa shape index (κ3) is 5.88. The zero-order valence-corrected chi connectivity index (χ0v) is 18.5. The van der Waals surface area contributed by atoms with Crippen molar-refractivity contribution in [3.63, 3.8) is 0 Å². The number of aromatic carboxylic acids is 1. The number of esters is 1. The summed E-state index contributed by atoms with van der Waals surface area (Å²) < 4.78 is 6.10. The summed E-state index contributed by atoms with van der Waals surface area (Å²) in [6.07, 6.45) is 1.75. The Morgan fingerprint density at radius 3 is 2.37 bits per heavy atom. The summed E-state index contributed by atoms with van der Waals surface area (Å²) in [7, 11) is 3.19. The van der Waals surface area contributed by atoms with Crippen LogP contribution in [0.25, 0.3) is 10.4 Å². The van der Waals surface area contributed by atoms with E-state index in [1.165, 1.54) is 18.2 Å². The summed E-state index contributed by atoms with van der Waals surface area (Å²) in [5.74, 6) is -1.68. The first kappa shape index (κ1) is 21.9. The largest absolute Gasteiger partial charge is 0.478 e. The van der Waals surface area contributed by atoms with Gasteiger partial charge in [-0.05, 0) is 42.3 Å². The number of carbonyl (C=O) groups excluding carboxylic acids is 1. The lowest BCUT2D eigenvalue weighted by molar-refractivity contribution is -0.134. The lowest BCUT2D eigenvalue weighted by Gasteiger charge is -2.08. The Hall–Kier alpha value is -2.75. The number of hydrogen-bond donors (Lipinski definition) is 1. The lowest BCUT2D eigenvalue weighted by Crippen LogP contribution is -2.10. The van der Waals surface area contributed by atoms with Gasteiger partial charge in [0.15, 0.2) is 0 Å². The zero-order chi connectivity index (χ0) is 21.5. The van der Waals surface area contributed by atoms with Crippen LogP contribution in [-0.2, 0) is 4.79 Å². The smallest absolute Gasteiger partial charge is 0.339 e. The lowest BCUT2D eigenvalue weighted by atomic mass is 10.2. The van der Waals surface area contributed by atoms with Crippen LogP contribution >= 0.6 is 32.9 Å². The van der Waals surface area contributed by atoms with Crippen LogP contribution in [0.15, 0.2) is 58.8 Å². The number of carbonyl (C=O) groups is 2. The van der Waals surface area contributed by atoms with Gasteiger partial charge in [-0.25, -0.2) is 4.79 Å². The first-order chi connectivity index (χ1) is 14.5. The third-order valence-electron chi connectivity index (χ3n) is 4.05. The topological polar surface area (TPSA) is 88.3 Å². The molecule has 3 aromatic rings. The maximum absolute atomic E-state index is 11.9. The average Bonchev–Trinajstić information content (AvgIpc) is 3.17. The first-order valence-corrected chi connectivity index (χ1v) is 11.7. The van der Waals surface area contributed by atoms with Crippen LogP contribution in [0.5, 0.6) is 5.75 Å². The van der Waals surface area contributed by atoms with Gasteiger partial charge in [-0.2, -0.15) is 10.2 Å². The fraction of sp³-hybridized carbons (Fsp3) is 0.190. The molecule has 0 unspecified atom stereocenters. The Bertz CT molecular complexity index is 1130. The number of azo groups is 1. The van der Waals surface area contributed by atoms with Crippen molar-refractivity contribution in [2.24, 2.45) is 10.2 Å². The van der Waals surface area contributed by atoms with Crippen molar-refractivity contribution in [3.8, 4) is 16.2 Å². The average molecular weight is 459 g/mol. The SMILES string of the molecule is CCCCC(=O)Oc1cc(N=Nc2ccc(-c3cc(=S)ss3)cc2)ccc1C(=O)O. The summed E-state index contributed by atoms with van der Waals surface area (Å²) in [4.78, 5) is 24.4. The molecule has 0 aliphatic carbocycles. The minimum atomic E-state index is -1.18. The van der Waals surface area contributed by atoms with Crippen molar-refractivity contribution in [3.05, 3.63) is 57.9 Å². The van der Waals surface area contributed by atoms with E-state index >= 15 is 0 Å². The highest BCUT2D eigenvalue weighted by Crippen LogP contribution is 2.31. The molecular formula is C21H18N2O4S3. The molecule has 0 aliphatic rings. The van der Waals surface area contributed by atoms with Crippen molar-refractivity contribution < 1.29 is 19.4 Å². The van der Waals surface area contributed by atoms with E-state index in [1.807, 2.05) is 37.3 Å². The van der Waals surface area contributed by atoms with Gasteiger partial charge >= 0.3 is 11.9 Å². The first-order valence-electron chi connectivity index (χ1n) is 9.16. The molecule has 3 rings (SSSR count). The van der Waals surface area contributed by atoms with Gasteiger partial charge in [0.25, 0.3) is 0 Å². The zero-order valence-electron chi connectivity index (χ0n) is 16.0. The molecule has 0 amide bonds. The van der Waals surface area contributed by atoms with Crippen molar-refractivity contribution >= 4 is 56.2 Å². The van der Waals surface area contributed by atoms with E-state index in [2.05, 4.69) is 10.2 Å². The molecule has 0 radical (unpaired) electrons. The van der Waals surface area contributed by atoms with E-state index in [9.17, 15) is 14.7 Å². The number of rotatable bonds is 8. The van der Waals surface area contributed by atoms with Gasteiger partial charge in [-0.15, -0.1) is 0 Å². The molecule has 1 aromatic heterocycles. The molecular weight excluding hydrogens is 440 g/mol. The standard InChI is InChI=1S/C21H18N2O4S3/c1-2-3-4-19(24)27-17-11-15(9-10-16(17)21(25)26)23-22-14-7-5-13(6-8-14)18-12-20(28)30-29-18/h5-12H,2-4H2,1H3,(H,25,26). The number of benzene rings is 2. The molecule has 1 N–H and O–H groups in total. The van der Waals surface area contributed by atoms with Crippen LogP contribution < -0.4 is 4.74 Å². The quantitative estimate of drug-likeness (QED) is 0.125. The van der Waals surface area contributed by atoms with E-state index in [1.54, 1.807) is 20.7 Å². The van der Waals surface area contributed by atoms with Gasteiger partial charge in [0.2, 0.25) is 0 Å². The van der Waals surface area contributed by atoms with Crippen molar-refractivity contribution in [2.45, 2.75) is 26.2 Å². The fourth-order valence-electron chi connectivity index (χ4n) is 2.51. The van der Waals surface area contributed by atoms with E-state index in [4.69, 9.17) is 17.0 Å². The van der Waals surface area contributed by atoms with Crippen LogP contribution in [0.2, 0.25) is 0 Å². The number of unbranched alkanes of at least 4 members (excludes halogenated alkanes) is 1. The van der Waals surface area contributed by atoms with Crippen LogP contribution in [-0.4, -0.2) is 17.0 Å². The normalized spacial score (nSPS) is 11.0. The van der Waals surface area contributed by atoms with Crippen LogP contribution in [0, 0.1) is 3.82 Å². The van der Waals surface area contributed by atoms with Gasteiger partial charge < -0.3 is 9.84 Å². The summed E-state index contributed by atoms with van der Waals surface area (Å²) >= 11 is 5.16. The van der Waals surface area contributed by atoms with E-state index in [-0.39, 0.29) is 17.7 Å². The van der Waals surface area contributed by atoms with Crippen LogP contribution in [0.1, 0.15) is 36.5 Å². The minimum absolute atomic E-state index is 0.0333. The Morgan fingerprint density at radius 1 is 1.03 bits per heavy atom. The Balaban J connectivity index is 1.77. The molecule has 154 valence electrons. The molecule has 0 atom stereocenters. The maximum atomic E-state index is 11.9. The molecule has 1 heterocycles. The Labute approximate surface area is 185 Å². The Kier molecular flexibility index (Phi) is 7.56. The summed E-state index contributed by atoms with van der Waals surface area (Å²) in [5.41, 5.74) is 1.99. The predicted octanol–water partition coefficient (Wildman–Crippen LogP) is 7.42. The second-order valence-electron chi connectivity index (χ2n) is 6.30. The molecule has 0 spiro atoms. The highest BCUT2D eigenvalue weighted by molar-refractivity contribution is 7.80. The molecule has 9 heteroatoms. The number of carboxylic acid groups (broad SMARTS) is 1. The highest BCUT2D eigenvalue weighted by Gasteiger charge is 2.15. The molecule has 0 saturated carbocycles. The second kappa shape index (κ2) is 10.3.